The van der Waals surface area contributed by atoms with Crippen LogP contribution in [0, 0.1) is 5.92 Å². The fourth-order valence-electron chi connectivity index (χ4n) is 2.77. The second kappa shape index (κ2) is 10.9. The molecular weight excluding hydrogens is 431 g/mol. The van der Waals surface area contributed by atoms with Crippen molar-refractivity contribution in [3.05, 3.63) is 68.7 Å². The van der Waals surface area contributed by atoms with Crippen LogP contribution in [0.25, 0.3) is 0 Å². The van der Waals surface area contributed by atoms with Gasteiger partial charge in [-0.25, -0.2) is 0 Å². The average Bonchev–Trinajstić information content (AvgIpc) is 2.66. The summed E-state index contributed by atoms with van der Waals surface area (Å²) in [5.41, 5.74) is 1.42. The van der Waals surface area contributed by atoms with Crippen LogP contribution in [0.5, 0.6) is 0 Å². The molecule has 4 nitrogen and oxygen atoms in total. The summed E-state index contributed by atoms with van der Waals surface area (Å²) in [5.74, 6) is -0.114. The molecule has 0 radical (unpaired) electrons. The van der Waals surface area contributed by atoms with Gasteiger partial charge in [0.25, 0.3) is 0 Å². The zero-order valence-corrected chi connectivity index (χ0v) is 19.0. The van der Waals surface area contributed by atoms with Crippen molar-refractivity contribution in [2.24, 2.45) is 5.92 Å². The maximum absolute atomic E-state index is 13.1. The molecule has 0 spiro atoms. The predicted octanol–water partition coefficient (Wildman–Crippen LogP) is 5.38. The van der Waals surface area contributed by atoms with Crippen molar-refractivity contribution < 1.29 is 9.59 Å². The van der Waals surface area contributed by atoms with Crippen LogP contribution in [0.15, 0.2) is 42.5 Å². The van der Waals surface area contributed by atoms with Gasteiger partial charge in [0.15, 0.2) is 0 Å². The number of carbonyl (C=O) groups is 2. The van der Waals surface area contributed by atoms with Gasteiger partial charge in [0, 0.05) is 28.2 Å². The molecule has 0 bridgehead atoms. The number of hydrogen-bond donors (Lipinski definition) is 1. The summed E-state index contributed by atoms with van der Waals surface area (Å²) in [6.07, 6.45) is 0.0900. The number of hydrogen-bond acceptors (Lipinski definition) is 2. The number of rotatable bonds is 8. The van der Waals surface area contributed by atoms with Crippen molar-refractivity contribution in [2.45, 2.75) is 39.8 Å². The summed E-state index contributed by atoms with van der Waals surface area (Å²) in [7, 11) is 0. The Bertz CT molecular complexity index is 871. The smallest absolute Gasteiger partial charge is 0.242 e. The van der Waals surface area contributed by atoms with Crippen LogP contribution < -0.4 is 5.32 Å². The van der Waals surface area contributed by atoms with E-state index in [1.165, 1.54) is 4.90 Å². The monoisotopic (exact) mass is 454 g/mol. The minimum atomic E-state index is -0.671. The molecule has 2 aromatic carbocycles. The molecule has 1 N–H and O–H groups in total. The lowest BCUT2D eigenvalue weighted by Gasteiger charge is -2.29. The largest absolute Gasteiger partial charge is 0.354 e. The Kier molecular flexibility index (Phi) is 8.81. The van der Waals surface area contributed by atoms with Gasteiger partial charge in [0.05, 0.1) is 6.42 Å². The van der Waals surface area contributed by atoms with E-state index in [0.717, 1.165) is 0 Å². The van der Waals surface area contributed by atoms with Gasteiger partial charge >= 0.3 is 0 Å². The third kappa shape index (κ3) is 6.91. The lowest BCUT2D eigenvalue weighted by atomic mass is 10.1. The summed E-state index contributed by atoms with van der Waals surface area (Å²) in [6.45, 7) is 6.47. The van der Waals surface area contributed by atoms with Crippen molar-refractivity contribution in [2.75, 3.05) is 6.54 Å². The molecule has 2 rings (SSSR count). The van der Waals surface area contributed by atoms with Gasteiger partial charge in [0.2, 0.25) is 11.8 Å². The first-order valence-corrected chi connectivity index (χ1v) is 10.6. The van der Waals surface area contributed by atoms with Crippen molar-refractivity contribution in [1.82, 2.24) is 10.2 Å². The summed E-state index contributed by atoms with van der Waals surface area (Å²) < 4.78 is 0. The Labute approximate surface area is 187 Å². The number of nitrogens with zero attached hydrogens (tertiary/aromatic N) is 1. The minimum Gasteiger partial charge on any atom is -0.354 e. The van der Waals surface area contributed by atoms with Gasteiger partial charge in [-0.2, -0.15) is 0 Å². The molecule has 0 saturated carbocycles. The molecule has 2 amide bonds. The first-order valence-electron chi connectivity index (χ1n) is 9.43. The van der Waals surface area contributed by atoms with Crippen LogP contribution in [0.2, 0.25) is 15.1 Å². The highest BCUT2D eigenvalue weighted by molar-refractivity contribution is 6.35. The standard InChI is InChI=1S/C22H25Cl3N2O2/c1-14(2)12-26-22(29)15(3)27(13-17-8-9-18(23)11-20(17)25)21(28)10-16-6-4-5-7-19(16)24/h4-9,11,14-15H,10,12-13H2,1-3H3,(H,26,29)/t15-/m1/s1. The van der Waals surface area contributed by atoms with Crippen molar-refractivity contribution >= 4 is 46.6 Å². The minimum absolute atomic E-state index is 0.0900. The molecule has 7 heteroatoms. The fourth-order valence-corrected chi connectivity index (χ4v) is 3.45. The maximum Gasteiger partial charge on any atom is 0.242 e. The van der Waals surface area contributed by atoms with Gasteiger partial charge in [-0.1, -0.05) is 72.9 Å². The maximum atomic E-state index is 13.1. The Balaban J connectivity index is 2.27. The molecule has 0 heterocycles. The Morgan fingerprint density at radius 1 is 0.966 bits per heavy atom. The molecule has 0 aliphatic heterocycles. The van der Waals surface area contributed by atoms with E-state index in [0.29, 0.717) is 38.7 Å². The summed E-state index contributed by atoms with van der Waals surface area (Å²) in [4.78, 5) is 27.3. The normalized spacial score (nSPS) is 12.0. The summed E-state index contributed by atoms with van der Waals surface area (Å²) >= 11 is 18.5. The lowest BCUT2D eigenvalue weighted by Crippen LogP contribution is -2.48. The molecule has 0 saturated heterocycles. The fraction of sp³-hybridized carbons (Fsp3) is 0.364. The second-order valence-electron chi connectivity index (χ2n) is 7.34. The van der Waals surface area contributed by atoms with Crippen molar-refractivity contribution in [1.29, 1.82) is 0 Å². The SMILES string of the molecule is CC(C)CNC(=O)[C@@H](C)N(Cc1ccc(Cl)cc1Cl)C(=O)Cc1ccccc1Cl. The average molecular weight is 456 g/mol. The highest BCUT2D eigenvalue weighted by atomic mass is 35.5. The highest BCUT2D eigenvalue weighted by Gasteiger charge is 2.27. The van der Waals surface area contributed by atoms with Crippen molar-refractivity contribution in [3.63, 3.8) is 0 Å². The van der Waals surface area contributed by atoms with Gasteiger partial charge in [-0.3, -0.25) is 9.59 Å². The number of halogens is 3. The lowest BCUT2D eigenvalue weighted by molar-refractivity contribution is -0.140. The molecule has 29 heavy (non-hydrogen) atoms. The van der Waals surface area contributed by atoms with Crippen LogP contribution in [0.1, 0.15) is 31.9 Å². The molecule has 1 atom stereocenters. The summed E-state index contributed by atoms with van der Waals surface area (Å²) in [6, 6.07) is 11.6. The number of carbonyl (C=O) groups excluding carboxylic acids is 2. The van der Waals surface area contributed by atoms with Crippen LogP contribution in [-0.2, 0) is 22.6 Å². The number of amides is 2. The second-order valence-corrected chi connectivity index (χ2v) is 8.59. The van der Waals surface area contributed by atoms with Crippen LogP contribution >= 0.6 is 34.8 Å². The third-order valence-corrected chi connectivity index (χ3v) is 5.46. The topological polar surface area (TPSA) is 49.4 Å². The third-order valence-electron chi connectivity index (χ3n) is 4.51. The molecule has 0 fully saturated rings. The van der Waals surface area contributed by atoms with Gasteiger partial charge in [-0.15, -0.1) is 0 Å². The van der Waals surface area contributed by atoms with E-state index in [9.17, 15) is 9.59 Å². The first-order chi connectivity index (χ1) is 13.7. The van der Waals surface area contributed by atoms with E-state index < -0.39 is 6.04 Å². The quantitative estimate of drug-likeness (QED) is 0.581. The van der Waals surface area contributed by atoms with Crippen molar-refractivity contribution in [3.8, 4) is 0 Å². The van der Waals surface area contributed by atoms with E-state index >= 15 is 0 Å². The van der Waals surface area contributed by atoms with Gasteiger partial charge in [0.1, 0.15) is 6.04 Å². The Morgan fingerprint density at radius 2 is 1.66 bits per heavy atom. The Morgan fingerprint density at radius 3 is 2.28 bits per heavy atom. The molecule has 2 aromatic rings. The van der Waals surface area contributed by atoms with E-state index in [2.05, 4.69) is 5.32 Å². The molecule has 0 aromatic heterocycles. The first kappa shape index (κ1) is 23.5. The number of benzene rings is 2. The zero-order valence-electron chi connectivity index (χ0n) is 16.7. The van der Waals surface area contributed by atoms with E-state index in [-0.39, 0.29) is 24.8 Å². The predicted molar refractivity (Wildman–Crippen MR) is 119 cm³/mol. The molecular formula is C22H25Cl3N2O2. The summed E-state index contributed by atoms with van der Waals surface area (Å²) in [5, 5.41) is 4.36. The van der Waals surface area contributed by atoms with E-state index in [1.807, 2.05) is 26.0 Å². The van der Waals surface area contributed by atoms with Gasteiger partial charge < -0.3 is 10.2 Å². The molecule has 0 unspecified atom stereocenters. The highest BCUT2D eigenvalue weighted by Crippen LogP contribution is 2.24. The van der Waals surface area contributed by atoms with E-state index in [1.54, 1.807) is 37.3 Å². The molecule has 0 aliphatic carbocycles. The zero-order chi connectivity index (χ0) is 21.6. The van der Waals surface area contributed by atoms with Crippen LogP contribution in [-0.4, -0.2) is 29.3 Å². The molecule has 0 aliphatic rings. The van der Waals surface area contributed by atoms with Crippen LogP contribution in [0.3, 0.4) is 0 Å². The number of nitrogens with one attached hydrogen (secondary N) is 1. The van der Waals surface area contributed by atoms with E-state index in [4.69, 9.17) is 34.8 Å². The Hall–Kier alpha value is -1.75. The van der Waals surface area contributed by atoms with Gasteiger partial charge in [-0.05, 0) is 42.2 Å². The molecule has 156 valence electrons. The van der Waals surface area contributed by atoms with Crippen LogP contribution in [0.4, 0.5) is 0 Å².